The first kappa shape index (κ1) is 14.1. The van der Waals surface area contributed by atoms with Crippen LogP contribution in [0.1, 0.15) is 38.5 Å². The summed E-state index contributed by atoms with van der Waals surface area (Å²) in [6.45, 7) is 8.77. The Morgan fingerprint density at radius 1 is 1.37 bits per heavy atom. The molecule has 0 amide bonds. The van der Waals surface area contributed by atoms with Crippen molar-refractivity contribution in [3.05, 3.63) is 10.9 Å². The van der Waals surface area contributed by atoms with Gasteiger partial charge < -0.3 is 11.1 Å². The van der Waals surface area contributed by atoms with Gasteiger partial charge in [0.2, 0.25) is 5.95 Å². The Balaban J connectivity index is 2.24. The van der Waals surface area contributed by atoms with E-state index in [4.69, 9.17) is 5.73 Å². The summed E-state index contributed by atoms with van der Waals surface area (Å²) in [6.07, 6.45) is 2.33. The fourth-order valence-corrected chi connectivity index (χ4v) is 3.12. The van der Waals surface area contributed by atoms with Gasteiger partial charge in [0.15, 0.2) is 0 Å². The number of nitrogens with zero attached hydrogens (tertiary/aromatic N) is 2. The third-order valence-corrected chi connectivity index (χ3v) is 4.31. The van der Waals surface area contributed by atoms with E-state index in [2.05, 4.69) is 49.0 Å². The van der Waals surface area contributed by atoms with Gasteiger partial charge in [0.25, 0.3) is 0 Å². The molecule has 5 heteroatoms. The first-order chi connectivity index (χ1) is 8.99. The van der Waals surface area contributed by atoms with Crippen LogP contribution in [0.3, 0.4) is 0 Å². The van der Waals surface area contributed by atoms with Crippen LogP contribution in [0.15, 0.2) is 6.07 Å². The maximum absolute atomic E-state index is 5.78. The van der Waals surface area contributed by atoms with E-state index in [-0.39, 0.29) is 0 Å². The number of thiophene rings is 1. The molecule has 0 spiro atoms. The van der Waals surface area contributed by atoms with Crippen LogP contribution in [0.25, 0.3) is 10.2 Å². The standard InChI is InChI=1S/C14H22N4S/c1-5-8(2)6-9(3)16-12-11-7-10(4)19-13(11)18-14(15)17-12/h7-9H,5-6H2,1-4H3,(H3,15,16,17,18). The molecule has 2 heterocycles. The number of nitrogen functional groups attached to an aromatic ring is 1. The fraction of sp³-hybridized carbons (Fsp3) is 0.571. The molecule has 2 unspecified atom stereocenters. The van der Waals surface area contributed by atoms with Crippen LogP contribution < -0.4 is 11.1 Å². The van der Waals surface area contributed by atoms with Gasteiger partial charge in [-0.2, -0.15) is 4.98 Å². The Labute approximate surface area is 118 Å². The van der Waals surface area contributed by atoms with Crippen LogP contribution >= 0.6 is 11.3 Å². The molecular weight excluding hydrogens is 256 g/mol. The van der Waals surface area contributed by atoms with Gasteiger partial charge in [-0.05, 0) is 32.3 Å². The lowest BCUT2D eigenvalue weighted by atomic mass is 10.0. The highest BCUT2D eigenvalue weighted by atomic mass is 32.1. The maximum Gasteiger partial charge on any atom is 0.223 e. The summed E-state index contributed by atoms with van der Waals surface area (Å²) in [7, 11) is 0. The van der Waals surface area contributed by atoms with Crippen molar-refractivity contribution in [3.63, 3.8) is 0 Å². The van der Waals surface area contributed by atoms with Gasteiger partial charge in [0, 0.05) is 10.9 Å². The van der Waals surface area contributed by atoms with Crippen LogP contribution in [0, 0.1) is 12.8 Å². The third-order valence-electron chi connectivity index (χ3n) is 3.37. The topological polar surface area (TPSA) is 63.8 Å². The first-order valence-electron chi connectivity index (χ1n) is 6.79. The zero-order chi connectivity index (χ0) is 14.0. The van der Waals surface area contributed by atoms with Crippen molar-refractivity contribution in [2.45, 2.75) is 46.6 Å². The lowest BCUT2D eigenvalue weighted by molar-refractivity contribution is 0.483. The molecule has 0 aromatic carbocycles. The fourth-order valence-electron chi connectivity index (χ4n) is 2.23. The van der Waals surface area contributed by atoms with Gasteiger partial charge in [0.1, 0.15) is 10.6 Å². The number of rotatable bonds is 5. The molecule has 0 bridgehead atoms. The van der Waals surface area contributed by atoms with Crippen molar-refractivity contribution in [2.24, 2.45) is 5.92 Å². The molecule has 19 heavy (non-hydrogen) atoms. The monoisotopic (exact) mass is 278 g/mol. The number of hydrogen-bond acceptors (Lipinski definition) is 5. The summed E-state index contributed by atoms with van der Waals surface area (Å²) in [5, 5.41) is 4.56. The number of hydrogen-bond donors (Lipinski definition) is 2. The molecule has 2 atom stereocenters. The Kier molecular flexibility index (Phi) is 4.24. The van der Waals surface area contributed by atoms with E-state index in [1.54, 1.807) is 11.3 Å². The maximum atomic E-state index is 5.78. The molecule has 0 saturated carbocycles. The zero-order valence-corrected chi connectivity index (χ0v) is 12.8. The minimum absolute atomic E-state index is 0.340. The normalized spacial score (nSPS) is 14.5. The van der Waals surface area contributed by atoms with Crippen molar-refractivity contribution in [2.75, 3.05) is 11.1 Å². The molecule has 0 radical (unpaired) electrons. The molecule has 0 aliphatic heterocycles. The Hall–Kier alpha value is -1.36. The summed E-state index contributed by atoms with van der Waals surface area (Å²) < 4.78 is 0. The van der Waals surface area contributed by atoms with Crippen molar-refractivity contribution < 1.29 is 0 Å². The Morgan fingerprint density at radius 3 is 2.79 bits per heavy atom. The molecule has 3 N–H and O–H groups in total. The molecule has 2 aromatic rings. The molecule has 0 aliphatic carbocycles. The molecule has 0 fully saturated rings. The predicted molar refractivity (Wildman–Crippen MR) is 83.7 cm³/mol. The van der Waals surface area contributed by atoms with Gasteiger partial charge in [-0.15, -0.1) is 11.3 Å². The van der Waals surface area contributed by atoms with E-state index >= 15 is 0 Å². The molecular formula is C14H22N4S. The molecule has 0 saturated heterocycles. The largest absolute Gasteiger partial charge is 0.368 e. The van der Waals surface area contributed by atoms with E-state index in [9.17, 15) is 0 Å². The molecule has 4 nitrogen and oxygen atoms in total. The summed E-state index contributed by atoms with van der Waals surface area (Å²) in [5.41, 5.74) is 5.78. The van der Waals surface area contributed by atoms with Gasteiger partial charge >= 0.3 is 0 Å². The second-order valence-electron chi connectivity index (χ2n) is 5.30. The first-order valence-corrected chi connectivity index (χ1v) is 7.61. The molecule has 0 aliphatic rings. The SMILES string of the molecule is CCC(C)CC(C)Nc1nc(N)nc2sc(C)cc12. The summed E-state index contributed by atoms with van der Waals surface area (Å²) in [4.78, 5) is 10.8. The average Bonchev–Trinajstić information content (AvgIpc) is 2.69. The lowest BCUT2D eigenvalue weighted by Gasteiger charge is -2.18. The Bertz CT molecular complexity index is 564. The zero-order valence-electron chi connectivity index (χ0n) is 12.0. The number of nitrogens with two attached hydrogens (primary N) is 1. The second-order valence-corrected chi connectivity index (χ2v) is 6.54. The van der Waals surface area contributed by atoms with Crippen molar-refractivity contribution >= 4 is 33.3 Å². The van der Waals surface area contributed by atoms with E-state index in [1.807, 2.05) is 0 Å². The average molecular weight is 278 g/mol. The van der Waals surface area contributed by atoms with Gasteiger partial charge in [-0.3, -0.25) is 0 Å². The van der Waals surface area contributed by atoms with Crippen molar-refractivity contribution in [1.82, 2.24) is 9.97 Å². The van der Waals surface area contributed by atoms with Crippen LogP contribution in [0.4, 0.5) is 11.8 Å². The molecule has 104 valence electrons. The minimum Gasteiger partial charge on any atom is -0.368 e. The van der Waals surface area contributed by atoms with E-state index in [0.717, 1.165) is 22.5 Å². The van der Waals surface area contributed by atoms with Crippen molar-refractivity contribution in [3.8, 4) is 0 Å². The van der Waals surface area contributed by atoms with Crippen LogP contribution in [0.2, 0.25) is 0 Å². The highest BCUT2D eigenvalue weighted by molar-refractivity contribution is 7.18. The van der Waals surface area contributed by atoms with Gasteiger partial charge in [-0.1, -0.05) is 20.3 Å². The lowest BCUT2D eigenvalue weighted by Crippen LogP contribution is -2.19. The van der Waals surface area contributed by atoms with Crippen molar-refractivity contribution in [1.29, 1.82) is 0 Å². The van der Waals surface area contributed by atoms with Crippen LogP contribution in [-0.2, 0) is 0 Å². The number of nitrogens with one attached hydrogen (secondary N) is 1. The summed E-state index contributed by atoms with van der Waals surface area (Å²) in [5.74, 6) is 1.91. The second kappa shape index (κ2) is 5.74. The minimum atomic E-state index is 0.340. The third kappa shape index (κ3) is 3.35. The predicted octanol–water partition coefficient (Wildman–Crippen LogP) is 3.82. The summed E-state index contributed by atoms with van der Waals surface area (Å²) >= 11 is 1.65. The highest BCUT2D eigenvalue weighted by Crippen LogP contribution is 2.29. The van der Waals surface area contributed by atoms with E-state index < -0.39 is 0 Å². The summed E-state index contributed by atoms with van der Waals surface area (Å²) in [6, 6.07) is 2.50. The number of aryl methyl sites for hydroxylation is 1. The van der Waals surface area contributed by atoms with E-state index in [1.165, 1.54) is 11.3 Å². The van der Waals surface area contributed by atoms with Crippen LogP contribution in [0.5, 0.6) is 0 Å². The Morgan fingerprint density at radius 2 is 2.11 bits per heavy atom. The number of aromatic nitrogens is 2. The highest BCUT2D eigenvalue weighted by Gasteiger charge is 2.13. The molecule has 2 rings (SSSR count). The van der Waals surface area contributed by atoms with Crippen LogP contribution in [-0.4, -0.2) is 16.0 Å². The smallest absolute Gasteiger partial charge is 0.223 e. The quantitative estimate of drug-likeness (QED) is 0.872. The van der Waals surface area contributed by atoms with E-state index in [0.29, 0.717) is 17.9 Å². The number of anilines is 2. The number of fused-ring (bicyclic) bond motifs is 1. The molecule has 2 aromatic heterocycles. The van der Waals surface area contributed by atoms with Gasteiger partial charge in [0.05, 0.1) is 5.39 Å². The van der Waals surface area contributed by atoms with Gasteiger partial charge in [-0.25, -0.2) is 4.98 Å².